The Morgan fingerprint density at radius 3 is 2.24 bits per heavy atom. The van der Waals surface area contributed by atoms with Crippen molar-refractivity contribution in [3.63, 3.8) is 0 Å². The van der Waals surface area contributed by atoms with Gasteiger partial charge >= 0.3 is 0 Å². The van der Waals surface area contributed by atoms with Crippen LogP contribution in [-0.2, 0) is 5.41 Å². The monoisotopic (exact) mass is 455 g/mol. The maximum atomic E-state index is 13.2. The first kappa shape index (κ1) is 20.8. The molecular formula is C28H29N3OS. The molecule has 4 aliphatic carbocycles. The zero-order valence-corrected chi connectivity index (χ0v) is 19.8. The normalized spacial score (nSPS) is 27.5. The molecule has 7 rings (SSSR count). The Hall–Kier alpha value is -2.79. The van der Waals surface area contributed by atoms with Gasteiger partial charge < -0.3 is 0 Å². The molecule has 0 saturated heterocycles. The Kier molecular flexibility index (Phi) is 4.98. The second-order valence-electron chi connectivity index (χ2n) is 10.5. The molecule has 1 heterocycles. The number of nitrogens with zero attached hydrogens (tertiary/aromatic N) is 1. The lowest BCUT2D eigenvalue weighted by Gasteiger charge is -2.57. The minimum absolute atomic E-state index is 0.191. The van der Waals surface area contributed by atoms with Gasteiger partial charge in [0.1, 0.15) is 10.7 Å². The Morgan fingerprint density at radius 2 is 1.58 bits per heavy atom. The first-order valence-electron chi connectivity index (χ1n) is 12.1. The average molecular weight is 456 g/mol. The van der Waals surface area contributed by atoms with E-state index in [9.17, 15) is 4.79 Å². The van der Waals surface area contributed by atoms with Crippen molar-refractivity contribution in [2.24, 2.45) is 17.8 Å². The number of thiocarbonyl (C=S) groups is 1. The van der Waals surface area contributed by atoms with Crippen molar-refractivity contribution in [3.8, 4) is 0 Å². The molecule has 3 aromatic rings. The summed E-state index contributed by atoms with van der Waals surface area (Å²) in [5.74, 6) is 2.28. The topological polar surface area (TPSA) is 54.0 Å². The fraction of sp³-hybridized carbons (Fsp3) is 0.393. The van der Waals surface area contributed by atoms with Crippen molar-refractivity contribution in [2.45, 2.75) is 50.9 Å². The molecule has 1 amide bonds. The molecule has 33 heavy (non-hydrogen) atoms. The molecule has 4 fully saturated rings. The van der Waals surface area contributed by atoms with Gasteiger partial charge in [0.15, 0.2) is 0 Å². The Labute approximate surface area is 200 Å². The highest BCUT2D eigenvalue weighted by atomic mass is 32.1. The summed E-state index contributed by atoms with van der Waals surface area (Å²) in [4.78, 5) is 18.4. The number of pyridine rings is 1. The molecule has 4 nitrogen and oxygen atoms in total. The number of carbonyl (C=O) groups excluding carboxylic acids is 1. The number of carbonyl (C=O) groups is 1. The average Bonchev–Trinajstić information content (AvgIpc) is 2.81. The molecule has 0 spiro atoms. The van der Waals surface area contributed by atoms with Crippen LogP contribution >= 0.6 is 12.2 Å². The van der Waals surface area contributed by atoms with Crippen molar-refractivity contribution in [3.05, 3.63) is 77.0 Å². The number of benzene rings is 2. The van der Waals surface area contributed by atoms with Crippen LogP contribution in [0.1, 0.15) is 65.7 Å². The first-order chi connectivity index (χ1) is 16.0. The van der Waals surface area contributed by atoms with Gasteiger partial charge in [-0.3, -0.25) is 15.6 Å². The molecule has 2 N–H and O–H groups in total. The van der Waals surface area contributed by atoms with Crippen molar-refractivity contribution < 1.29 is 4.79 Å². The largest absolute Gasteiger partial charge is 0.288 e. The van der Waals surface area contributed by atoms with Gasteiger partial charge in [0, 0.05) is 10.9 Å². The number of hydrogen-bond donors (Lipinski definition) is 2. The molecule has 168 valence electrons. The number of aryl methyl sites for hydroxylation is 1. The molecule has 0 radical (unpaired) electrons. The van der Waals surface area contributed by atoms with E-state index in [0.29, 0.717) is 10.7 Å². The van der Waals surface area contributed by atoms with E-state index < -0.39 is 0 Å². The zero-order valence-electron chi connectivity index (χ0n) is 18.9. The minimum Gasteiger partial charge on any atom is -0.287 e. The van der Waals surface area contributed by atoms with E-state index in [2.05, 4.69) is 29.1 Å². The van der Waals surface area contributed by atoms with E-state index in [1.54, 1.807) is 0 Å². The fourth-order valence-electron chi connectivity index (χ4n) is 7.13. The van der Waals surface area contributed by atoms with E-state index in [0.717, 1.165) is 28.8 Å². The Bertz CT molecular complexity index is 1210. The number of aromatic nitrogens is 1. The van der Waals surface area contributed by atoms with Crippen LogP contribution in [0.2, 0.25) is 0 Å². The summed E-state index contributed by atoms with van der Waals surface area (Å²) < 4.78 is 0. The lowest BCUT2D eigenvalue weighted by atomic mass is 9.48. The highest BCUT2D eigenvalue weighted by molar-refractivity contribution is 7.80. The standard InChI is InChI=1S/C28H29N3OS/c1-17-6-8-21(9-7-17)27(33)31-30-26(32)25-13-23(22-4-2-3-5-24(22)29-25)28-14-18-10-19(15-28)12-20(11-18)16-28/h2-9,13,18-20H,10-12,14-16H2,1H3,(H,30,32)(H,31,33). The van der Waals surface area contributed by atoms with Crippen LogP contribution in [0.15, 0.2) is 54.6 Å². The molecule has 0 atom stereocenters. The van der Waals surface area contributed by atoms with Crippen molar-refractivity contribution in [1.29, 1.82) is 0 Å². The van der Waals surface area contributed by atoms with Gasteiger partial charge in [0.2, 0.25) is 0 Å². The van der Waals surface area contributed by atoms with E-state index in [4.69, 9.17) is 17.2 Å². The summed E-state index contributed by atoms with van der Waals surface area (Å²) >= 11 is 5.47. The highest BCUT2D eigenvalue weighted by Crippen LogP contribution is 2.61. The minimum atomic E-state index is -0.249. The summed E-state index contributed by atoms with van der Waals surface area (Å²) in [6.07, 6.45) is 7.96. The quantitative estimate of drug-likeness (QED) is 0.397. The van der Waals surface area contributed by atoms with Crippen molar-refractivity contribution in [1.82, 2.24) is 15.8 Å². The summed E-state index contributed by atoms with van der Waals surface area (Å²) in [5, 5.41) is 1.21. The van der Waals surface area contributed by atoms with Gasteiger partial charge in [-0.05, 0) is 86.3 Å². The lowest BCUT2D eigenvalue weighted by Crippen LogP contribution is -2.48. The predicted molar refractivity (Wildman–Crippen MR) is 135 cm³/mol. The van der Waals surface area contributed by atoms with Gasteiger partial charge in [-0.15, -0.1) is 0 Å². The summed E-state index contributed by atoms with van der Waals surface area (Å²) in [6.45, 7) is 2.04. The molecule has 2 aromatic carbocycles. The first-order valence-corrected chi connectivity index (χ1v) is 12.5. The van der Waals surface area contributed by atoms with Crippen LogP contribution in [0, 0.1) is 24.7 Å². The third-order valence-corrected chi connectivity index (χ3v) is 8.50. The van der Waals surface area contributed by atoms with Gasteiger partial charge in [0.25, 0.3) is 5.91 Å². The van der Waals surface area contributed by atoms with Crippen molar-refractivity contribution in [2.75, 3.05) is 0 Å². The van der Waals surface area contributed by atoms with E-state index in [1.165, 1.54) is 55.0 Å². The maximum Gasteiger partial charge on any atom is 0.288 e. The molecule has 4 saturated carbocycles. The maximum absolute atomic E-state index is 13.2. The SMILES string of the molecule is Cc1ccc(C(=S)NNC(=O)c2cc(C34CC5CC(CC(C5)C3)C4)c3ccccc3n2)cc1. The van der Waals surface area contributed by atoms with Crippen LogP contribution in [-0.4, -0.2) is 15.9 Å². The molecule has 5 heteroatoms. The zero-order chi connectivity index (χ0) is 22.6. The van der Waals surface area contributed by atoms with Crippen LogP contribution in [0.25, 0.3) is 10.9 Å². The number of nitrogens with one attached hydrogen (secondary N) is 2. The number of hydrogen-bond acceptors (Lipinski definition) is 3. The summed E-state index contributed by atoms with van der Waals surface area (Å²) in [5.41, 5.74) is 10.6. The van der Waals surface area contributed by atoms with E-state index >= 15 is 0 Å². The fourth-order valence-corrected chi connectivity index (χ4v) is 7.31. The number of amides is 1. The van der Waals surface area contributed by atoms with E-state index in [-0.39, 0.29) is 11.3 Å². The summed E-state index contributed by atoms with van der Waals surface area (Å²) in [7, 11) is 0. The Morgan fingerprint density at radius 1 is 0.939 bits per heavy atom. The third-order valence-electron chi connectivity index (χ3n) is 8.16. The molecule has 4 aliphatic rings. The van der Waals surface area contributed by atoms with Crippen LogP contribution in [0.4, 0.5) is 0 Å². The van der Waals surface area contributed by atoms with Gasteiger partial charge in [-0.2, -0.15) is 0 Å². The molecule has 1 aromatic heterocycles. The van der Waals surface area contributed by atoms with Gasteiger partial charge in [-0.25, -0.2) is 4.98 Å². The Balaban J connectivity index is 1.31. The summed E-state index contributed by atoms with van der Waals surface area (Å²) in [6, 6.07) is 18.3. The number of fused-ring (bicyclic) bond motifs is 1. The molecular weight excluding hydrogens is 426 g/mol. The molecule has 4 bridgehead atoms. The lowest BCUT2D eigenvalue weighted by molar-refractivity contribution is -0.00454. The van der Waals surface area contributed by atoms with Crippen LogP contribution in [0.5, 0.6) is 0 Å². The second kappa shape index (κ2) is 7.91. The van der Waals surface area contributed by atoms with E-state index in [1.807, 2.05) is 43.3 Å². The van der Waals surface area contributed by atoms with Crippen LogP contribution < -0.4 is 10.9 Å². The number of rotatable bonds is 3. The van der Waals surface area contributed by atoms with Crippen LogP contribution in [0.3, 0.4) is 0 Å². The molecule has 0 unspecified atom stereocenters. The highest BCUT2D eigenvalue weighted by Gasteiger charge is 2.52. The number of hydrazine groups is 1. The van der Waals surface area contributed by atoms with Crippen molar-refractivity contribution >= 4 is 34.0 Å². The number of para-hydroxylation sites is 1. The predicted octanol–water partition coefficient (Wildman–Crippen LogP) is 5.62. The molecule has 0 aliphatic heterocycles. The second-order valence-corrected chi connectivity index (χ2v) is 11.0. The van der Waals surface area contributed by atoms with Gasteiger partial charge in [-0.1, -0.05) is 60.2 Å². The van der Waals surface area contributed by atoms with Gasteiger partial charge in [0.05, 0.1) is 5.52 Å². The third kappa shape index (κ3) is 3.72. The smallest absolute Gasteiger partial charge is 0.287 e.